The summed E-state index contributed by atoms with van der Waals surface area (Å²) in [5.41, 5.74) is 1.25. The average molecular weight is 400 g/mol. The molecule has 1 N–H and O–H groups in total. The van der Waals surface area contributed by atoms with Crippen LogP contribution in [0.3, 0.4) is 0 Å². The minimum absolute atomic E-state index is 0.0172. The second kappa shape index (κ2) is 9.14. The summed E-state index contributed by atoms with van der Waals surface area (Å²) in [5.74, 6) is -0.212. The van der Waals surface area contributed by atoms with Crippen molar-refractivity contribution in [1.29, 1.82) is 0 Å². The van der Waals surface area contributed by atoms with E-state index >= 15 is 0 Å². The SMILES string of the molecule is C[C@H](OC(=O)CCNC(=O)c1ccc(Cl)cc1)c1nnc(-c2ccccc2)o1. The van der Waals surface area contributed by atoms with E-state index in [-0.39, 0.29) is 24.8 Å². The number of carbonyl (C=O) groups excluding carboxylic acids is 2. The summed E-state index contributed by atoms with van der Waals surface area (Å²) in [5, 5.41) is 11.1. The molecule has 28 heavy (non-hydrogen) atoms. The van der Waals surface area contributed by atoms with Gasteiger partial charge in [0.2, 0.25) is 5.89 Å². The Hall–Kier alpha value is -3.19. The first-order chi connectivity index (χ1) is 13.5. The molecule has 0 aliphatic heterocycles. The molecule has 7 nitrogen and oxygen atoms in total. The third kappa shape index (κ3) is 5.17. The van der Waals surface area contributed by atoms with Gasteiger partial charge < -0.3 is 14.5 Å². The highest BCUT2D eigenvalue weighted by Crippen LogP contribution is 2.22. The minimum Gasteiger partial charge on any atom is -0.453 e. The van der Waals surface area contributed by atoms with Gasteiger partial charge in [0.15, 0.2) is 6.10 Å². The number of nitrogens with zero attached hydrogens (tertiary/aromatic N) is 2. The smallest absolute Gasteiger partial charge is 0.308 e. The van der Waals surface area contributed by atoms with Crippen LogP contribution in [0.1, 0.15) is 35.7 Å². The molecule has 2 aromatic carbocycles. The van der Waals surface area contributed by atoms with E-state index in [4.69, 9.17) is 20.8 Å². The van der Waals surface area contributed by atoms with E-state index in [2.05, 4.69) is 15.5 Å². The number of hydrogen-bond donors (Lipinski definition) is 1. The van der Waals surface area contributed by atoms with Crippen LogP contribution in [0, 0.1) is 0 Å². The molecule has 1 aromatic heterocycles. The van der Waals surface area contributed by atoms with Gasteiger partial charge in [0.05, 0.1) is 6.42 Å². The van der Waals surface area contributed by atoms with Crippen molar-refractivity contribution in [2.75, 3.05) is 6.54 Å². The largest absolute Gasteiger partial charge is 0.453 e. The molecule has 0 radical (unpaired) electrons. The van der Waals surface area contributed by atoms with Crippen LogP contribution in [0.2, 0.25) is 5.02 Å². The van der Waals surface area contributed by atoms with Gasteiger partial charge in [0.1, 0.15) is 0 Å². The third-order valence-corrected chi connectivity index (χ3v) is 4.09. The van der Waals surface area contributed by atoms with Gasteiger partial charge in [-0.1, -0.05) is 29.8 Å². The Kier molecular flexibility index (Phi) is 6.39. The lowest BCUT2D eigenvalue weighted by Crippen LogP contribution is -2.26. The Bertz CT molecular complexity index is 942. The predicted octanol–water partition coefficient (Wildman–Crippen LogP) is 3.81. The molecule has 0 bridgehead atoms. The van der Waals surface area contributed by atoms with Crippen LogP contribution in [-0.2, 0) is 9.53 Å². The van der Waals surface area contributed by atoms with Gasteiger partial charge in [-0.25, -0.2) is 0 Å². The number of amides is 1. The molecule has 3 rings (SSSR count). The van der Waals surface area contributed by atoms with Crippen LogP contribution < -0.4 is 5.32 Å². The van der Waals surface area contributed by atoms with E-state index in [1.54, 1.807) is 31.2 Å². The highest BCUT2D eigenvalue weighted by molar-refractivity contribution is 6.30. The van der Waals surface area contributed by atoms with Crippen molar-refractivity contribution in [2.24, 2.45) is 0 Å². The van der Waals surface area contributed by atoms with Crippen molar-refractivity contribution in [2.45, 2.75) is 19.4 Å². The number of aromatic nitrogens is 2. The fourth-order valence-corrected chi connectivity index (χ4v) is 2.51. The Labute approximate surface area is 166 Å². The second-order valence-corrected chi connectivity index (χ2v) is 6.39. The van der Waals surface area contributed by atoms with Gasteiger partial charge in [-0.15, -0.1) is 10.2 Å². The van der Waals surface area contributed by atoms with Gasteiger partial charge in [-0.3, -0.25) is 9.59 Å². The van der Waals surface area contributed by atoms with Crippen LogP contribution >= 0.6 is 11.6 Å². The molecule has 3 aromatic rings. The fourth-order valence-electron chi connectivity index (χ4n) is 2.38. The Morgan fingerprint density at radius 2 is 1.82 bits per heavy atom. The van der Waals surface area contributed by atoms with Crippen molar-refractivity contribution in [1.82, 2.24) is 15.5 Å². The number of halogens is 1. The monoisotopic (exact) mass is 399 g/mol. The Morgan fingerprint density at radius 3 is 2.54 bits per heavy atom. The molecule has 0 aliphatic carbocycles. The number of carbonyl (C=O) groups is 2. The number of nitrogens with one attached hydrogen (secondary N) is 1. The van der Waals surface area contributed by atoms with Crippen molar-refractivity contribution in [3.63, 3.8) is 0 Å². The highest BCUT2D eigenvalue weighted by atomic mass is 35.5. The maximum Gasteiger partial charge on any atom is 0.308 e. The van der Waals surface area contributed by atoms with Gasteiger partial charge in [0, 0.05) is 22.7 Å². The Balaban J connectivity index is 1.46. The van der Waals surface area contributed by atoms with Crippen LogP contribution in [0.4, 0.5) is 0 Å². The van der Waals surface area contributed by atoms with Crippen LogP contribution in [0.5, 0.6) is 0 Å². The zero-order valence-electron chi connectivity index (χ0n) is 15.1. The Morgan fingerprint density at radius 1 is 1.11 bits per heavy atom. The maximum atomic E-state index is 12.0. The minimum atomic E-state index is -0.690. The summed E-state index contributed by atoms with van der Waals surface area (Å²) in [7, 11) is 0. The summed E-state index contributed by atoms with van der Waals surface area (Å²) in [6, 6.07) is 15.8. The molecule has 0 unspecified atom stereocenters. The van der Waals surface area contributed by atoms with Crippen molar-refractivity contribution >= 4 is 23.5 Å². The molecule has 0 saturated carbocycles. The number of esters is 1. The summed E-state index contributed by atoms with van der Waals surface area (Å²) in [6.45, 7) is 1.79. The van der Waals surface area contributed by atoms with Crippen LogP contribution in [-0.4, -0.2) is 28.6 Å². The molecular formula is C20H18ClN3O4. The molecule has 0 saturated heterocycles. The van der Waals surface area contributed by atoms with Crippen LogP contribution in [0.15, 0.2) is 59.0 Å². The summed E-state index contributed by atoms with van der Waals surface area (Å²) >= 11 is 5.79. The first-order valence-electron chi connectivity index (χ1n) is 8.65. The fraction of sp³-hybridized carbons (Fsp3) is 0.200. The van der Waals surface area contributed by atoms with E-state index < -0.39 is 12.1 Å². The van der Waals surface area contributed by atoms with Gasteiger partial charge in [0.25, 0.3) is 11.8 Å². The predicted molar refractivity (Wildman–Crippen MR) is 103 cm³/mol. The first kappa shape index (κ1) is 19.6. The van der Waals surface area contributed by atoms with Crippen molar-refractivity contribution < 1.29 is 18.7 Å². The zero-order valence-corrected chi connectivity index (χ0v) is 15.8. The lowest BCUT2D eigenvalue weighted by atomic mass is 10.2. The first-order valence-corrected chi connectivity index (χ1v) is 9.03. The quantitative estimate of drug-likeness (QED) is 0.607. The van der Waals surface area contributed by atoms with E-state index in [1.165, 1.54) is 0 Å². The van der Waals surface area contributed by atoms with Crippen molar-refractivity contribution in [3.05, 3.63) is 71.1 Å². The molecule has 144 valence electrons. The van der Waals surface area contributed by atoms with E-state index in [0.29, 0.717) is 16.5 Å². The van der Waals surface area contributed by atoms with Crippen LogP contribution in [0.25, 0.3) is 11.5 Å². The van der Waals surface area contributed by atoms with Gasteiger partial charge in [-0.05, 0) is 43.3 Å². The normalized spacial score (nSPS) is 11.6. The molecule has 0 spiro atoms. The topological polar surface area (TPSA) is 94.3 Å². The molecule has 1 atom stereocenters. The summed E-state index contributed by atoms with van der Waals surface area (Å²) < 4.78 is 10.8. The molecule has 0 fully saturated rings. The average Bonchev–Trinajstić information content (AvgIpc) is 3.19. The second-order valence-electron chi connectivity index (χ2n) is 5.96. The summed E-state index contributed by atoms with van der Waals surface area (Å²) in [6.07, 6.45) is -0.673. The standard InChI is InChI=1S/C20H18ClN3O4/c1-13(19-23-24-20(28-19)15-5-3-2-4-6-15)27-17(25)11-12-22-18(26)14-7-9-16(21)10-8-14/h2-10,13H,11-12H2,1H3,(H,22,26)/t13-/m0/s1. The molecule has 1 amide bonds. The lowest BCUT2D eigenvalue weighted by Gasteiger charge is -2.10. The van der Waals surface area contributed by atoms with Gasteiger partial charge in [-0.2, -0.15) is 0 Å². The summed E-state index contributed by atoms with van der Waals surface area (Å²) in [4.78, 5) is 24.0. The number of ether oxygens (including phenoxy) is 1. The number of hydrogen-bond acceptors (Lipinski definition) is 6. The third-order valence-electron chi connectivity index (χ3n) is 3.84. The van der Waals surface area contributed by atoms with E-state index in [1.807, 2.05) is 30.3 Å². The zero-order chi connectivity index (χ0) is 19.9. The maximum absolute atomic E-state index is 12.0. The lowest BCUT2D eigenvalue weighted by molar-refractivity contribution is -0.149. The molecule has 0 aliphatic rings. The van der Waals surface area contributed by atoms with E-state index in [0.717, 1.165) is 5.56 Å². The molecule has 1 heterocycles. The van der Waals surface area contributed by atoms with Gasteiger partial charge >= 0.3 is 5.97 Å². The number of rotatable bonds is 7. The highest BCUT2D eigenvalue weighted by Gasteiger charge is 2.19. The molecule has 8 heteroatoms. The molecular weight excluding hydrogens is 382 g/mol. The van der Waals surface area contributed by atoms with Crippen molar-refractivity contribution in [3.8, 4) is 11.5 Å². The number of benzene rings is 2. The van der Waals surface area contributed by atoms with E-state index in [9.17, 15) is 9.59 Å².